The summed E-state index contributed by atoms with van der Waals surface area (Å²) in [5.41, 5.74) is 1.60. The van der Waals surface area contributed by atoms with E-state index in [2.05, 4.69) is 15.9 Å². The third-order valence-corrected chi connectivity index (χ3v) is 3.25. The van der Waals surface area contributed by atoms with Crippen LogP contribution in [0.4, 0.5) is 4.39 Å². The monoisotopic (exact) mass is 286 g/mol. The summed E-state index contributed by atoms with van der Waals surface area (Å²) in [6.45, 7) is 5.61. The maximum absolute atomic E-state index is 13.5. The van der Waals surface area contributed by atoms with E-state index in [9.17, 15) is 9.18 Å². The third kappa shape index (κ3) is 3.41. The van der Waals surface area contributed by atoms with E-state index >= 15 is 0 Å². The predicted octanol–water partition coefficient (Wildman–Crippen LogP) is 3.67. The van der Waals surface area contributed by atoms with Gasteiger partial charge in [-0.25, -0.2) is 4.39 Å². The first-order chi connectivity index (χ1) is 7.41. The lowest BCUT2D eigenvalue weighted by atomic mass is 9.99. The molecule has 0 amide bonds. The van der Waals surface area contributed by atoms with E-state index in [1.54, 1.807) is 12.1 Å². The lowest BCUT2D eigenvalue weighted by molar-refractivity contribution is -0.121. The fourth-order valence-corrected chi connectivity index (χ4v) is 2.39. The topological polar surface area (TPSA) is 17.1 Å². The Kier molecular flexibility index (Phi) is 4.66. The molecule has 0 aliphatic heterocycles. The largest absolute Gasteiger partial charge is 0.298 e. The highest BCUT2D eigenvalue weighted by Crippen LogP contribution is 2.18. The van der Waals surface area contributed by atoms with Gasteiger partial charge in [0.25, 0.3) is 0 Å². The number of benzene rings is 1. The van der Waals surface area contributed by atoms with Crippen molar-refractivity contribution in [2.24, 2.45) is 5.92 Å². The van der Waals surface area contributed by atoms with Crippen LogP contribution in [0.15, 0.2) is 18.2 Å². The normalized spacial score (nSPS) is 12.9. The molecule has 0 fully saturated rings. The van der Waals surface area contributed by atoms with E-state index in [1.807, 2.05) is 20.8 Å². The van der Waals surface area contributed by atoms with E-state index in [0.717, 1.165) is 5.56 Å². The Bertz CT molecular complexity index is 388. The number of Topliss-reactive ketones (excluding diaryl/α,β-unsaturated/α-hetero) is 1. The fraction of sp³-hybridized carbons (Fsp3) is 0.462. The Morgan fingerprint density at radius 3 is 2.62 bits per heavy atom. The van der Waals surface area contributed by atoms with Crippen LogP contribution in [0, 0.1) is 18.7 Å². The van der Waals surface area contributed by atoms with Crippen molar-refractivity contribution in [3.63, 3.8) is 0 Å². The van der Waals surface area contributed by atoms with Gasteiger partial charge in [-0.15, -0.1) is 0 Å². The molecule has 1 aromatic carbocycles. The van der Waals surface area contributed by atoms with Crippen molar-refractivity contribution < 1.29 is 9.18 Å². The molecule has 88 valence electrons. The minimum atomic E-state index is -0.302. The van der Waals surface area contributed by atoms with Crippen LogP contribution in [0.1, 0.15) is 25.0 Å². The zero-order chi connectivity index (χ0) is 12.3. The van der Waals surface area contributed by atoms with Gasteiger partial charge in [0, 0.05) is 5.92 Å². The maximum atomic E-state index is 13.5. The molecule has 0 saturated carbocycles. The molecule has 16 heavy (non-hydrogen) atoms. The smallest absolute Gasteiger partial charge is 0.149 e. The zero-order valence-electron chi connectivity index (χ0n) is 9.76. The number of carbonyl (C=O) groups excluding carboxylic acids is 1. The highest BCUT2D eigenvalue weighted by atomic mass is 79.9. The van der Waals surface area contributed by atoms with Gasteiger partial charge < -0.3 is 0 Å². The standard InChI is InChI=1S/C13H16BrFO/c1-8(2)13(16)11(14)7-10-6-9(3)4-5-12(10)15/h4-6,8,11H,7H2,1-3H3. The molecule has 0 aliphatic carbocycles. The highest BCUT2D eigenvalue weighted by Gasteiger charge is 2.19. The molecule has 0 saturated heterocycles. The average molecular weight is 287 g/mol. The average Bonchev–Trinajstić information content (AvgIpc) is 2.22. The first-order valence-electron chi connectivity index (χ1n) is 5.34. The van der Waals surface area contributed by atoms with Gasteiger partial charge in [-0.05, 0) is 25.0 Å². The maximum Gasteiger partial charge on any atom is 0.149 e. The molecule has 0 N–H and O–H groups in total. The van der Waals surface area contributed by atoms with Crippen molar-refractivity contribution in [3.05, 3.63) is 35.1 Å². The molecule has 0 radical (unpaired) electrons. The summed E-state index contributed by atoms with van der Waals surface area (Å²) in [5, 5.41) is 0. The van der Waals surface area contributed by atoms with Crippen molar-refractivity contribution in [2.75, 3.05) is 0 Å². The zero-order valence-corrected chi connectivity index (χ0v) is 11.3. The Hall–Kier alpha value is -0.700. The number of hydrogen-bond acceptors (Lipinski definition) is 1. The van der Waals surface area contributed by atoms with Crippen LogP contribution in [-0.4, -0.2) is 10.6 Å². The molecule has 1 aromatic rings. The summed E-state index contributed by atoms with van der Waals surface area (Å²) in [4.78, 5) is 11.4. The Morgan fingerprint density at radius 1 is 1.44 bits per heavy atom. The molecular formula is C13H16BrFO. The number of rotatable bonds is 4. The molecule has 1 rings (SSSR count). The van der Waals surface area contributed by atoms with Gasteiger partial charge in [0.05, 0.1) is 4.83 Å². The SMILES string of the molecule is Cc1ccc(F)c(CC(Br)C(=O)C(C)C)c1. The lowest BCUT2D eigenvalue weighted by Crippen LogP contribution is -2.22. The molecule has 0 heterocycles. The van der Waals surface area contributed by atoms with Gasteiger partial charge in [0.1, 0.15) is 11.6 Å². The Balaban J connectivity index is 2.80. The summed E-state index contributed by atoms with van der Waals surface area (Å²) in [6.07, 6.45) is 0.407. The minimum Gasteiger partial charge on any atom is -0.298 e. The second-order valence-corrected chi connectivity index (χ2v) is 5.43. The molecule has 0 spiro atoms. The van der Waals surface area contributed by atoms with Crippen LogP contribution < -0.4 is 0 Å². The van der Waals surface area contributed by atoms with Crippen molar-refractivity contribution in [1.29, 1.82) is 0 Å². The number of hydrogen-bond donors (Lipinski definition) is 0. The highest BCUT2D eigenvalue weighted by molar-refractivity contribution is 9.10. The van der Waals surface area contributed by atoms with Gasteiger partial charge in [0.2, 0.25) is 0 Å². The molecule has 0 aromatic heterocycles. The van der Waals surface area contributed by atoms with Crippen LogP contribution in [0.3, 0.4) is 0 Å². The molecule has 3 heteroatoms. The summed E-state index contributed by atoms with van der Waals surface area (Å²) in [5.74, 6) is -0.162. The number of carbonyl (C=O) groups is 1. The Morgan fingerprint density at radius 2 is 2.06 bits per heavy atom. The van der Waals surface area contributed by atoms with E-state index in [4.69, 9.17) is 0 Å². The van der Waals surface area contributed by atoms with Crippen LogP contribution in [-0.2, 0) is 11.2 Å². The van der Waals surface area contributed by atoms with Crippen molar-refractivity contribution in [2.45, 2.75) is 32.0 Å². The number of alkyl halides is 1. The molecule has 0 aliphatic rings. The molecular weight excluding hydrogens is 271 g/mol. The van der Waals surface area contributed by atoms with Gasteiger partial charge >= 0.3 is 0 Å². The predicted molar refractivity (Wildman–Crippen MR) is 67.4 cm³/mol. The van der Waals surface area contributed by atoms with Crippen molar-refractivity contribution in [1.82, 2.24) is 0 Å². The number of ketones is 1. The molecule has 0 bridgehead atoms. The van der Waals surface area contributed by atoms with Crippen LogP contribution in [0.5, 0.6) is 0 Å². The third-order valence-electron chi connectivity index (χ3n) is 2.48. The second-order valence-electron chi connectivity index (χ2n) is 4.32. The van der Waals surface area contributed by atoms with E-state index < -0.39 is 0 Å². The molecule has 1 atom stereocenters. The van der Waals surface area contributed by atoms with E-state index in [0.29, 0.717) is 12.0 Å². The van der Waals surface area contributed by atoms with Crippen molar-refractivity contribution >= 4 is 21.7 Å². The first-order valence-corrected chi connectivity index (χ1v) is 6.26. The van der Waals surface area contributed by atoms with Gasteiger partial charge in [-0.2, -0.15) is 0 Å². The lowest BCUT2D eigenvalue weighted by Gasteiger charge is -2.12. The minimum absolute atomic E-state index is 0.0303. The van der Waals surface area contributed by atoms with Gasteiger partial charge in [-0.3, -0.25) is 4.79 Å². The summed E-state index contributed by atoms with van der Waals surface area (Å²) in [7, 11) is 0. The number of aryl methyl sites for hydroxylation is 1. The van der Waals surface area contributed by atoms with Gasteiger partial charge in [-0.1, -0.05) is 47.5 Å². The summed E-state index contributed by atoms with van der Waals surface area (Å²) >= 11 is 3.32. The number of halogens is 2. The summed E-state index contributed by atoms with van der Waals surface area (Å²) in [6, 6.07) is 4.97. The van der Waals surface area contributed by atoms with Crippen molar-refractivity contribution in [3.8, 4) is 0 Å². The molecule has 1 unspecified atom stereocenters. The van der Waals surface area contributed by atoms with Gasteiger partial charge in [0.15, 0.2) is 0 Å². The summed E-state index contributed by atoms with van der Waals surface area (Å²) < 4.78 is 13.5. The van der Waals surface area contributed by atoms with E-state index in [1.165, 1.54) is 6.07 Å². The van der Waals surface area contributed by atoms with E-state index in [-0.39, 0.29) is 22.3 Å². The first kappa shape index (κ1) is 13.4. The van der Waals surface area contributed by atoms with Crippen LogP contribution in [0.2, 0.25) is 0 Å². The fourth-order valence-electron chi connectivity index (χ4n) is 1.52. The quantitative estimate of drug-likeness (QED) is 0.772. The molecule has 1 nitrogen and oxygen atoms in total. The van der Waals surface area contributed by atoms with Crippen LogP contribution in [0.25, 0.3) is 0 Å². The Labute approximate surface area is 104 Å². The second kappa shape index (κ2) is 5.58. The van der Waals surface area contributed by atoms with Crippen LogP contribution >= 0.6 is 15.9 Å².